The van der Waals surface area contributed by atoms with E-state index in [4.69, 9.17) is 5.73 Å². The zero-order chi connectivity index (χ0) is 14.2. The molecule has 0 aliphatic rings. The van der Waals surface area contributed by atoms with Gasteiger partial charge in [0.05, 0.1) is 10.4 Å². The molecule has 0 bridgehead atoms. The number of aromatic amines is 1. The molecule has 102 valence electrons. The van der Waals surface area contributed by atoms with Crippen molar-refractivity contribution in [2.24, 2.45) is 0 Å². The number of hydrogen-bond acceptors (Lipinski definition) is 4. The molecule has 0 fully saturated rings. The van der Waals surface area contributed by atoms with Crippen LogP contribution in [0.3, 0.4) is 0 Å². The largest absolute Gasteiger partial charge is 0.399 e. The number of fused-ring (bicyclic) bond motifs is 1. The van der Waals surface area contributed by atoms with Crippen LogP contribution >= 0.6 is 0 Å². The third-order valence-electron chi connectivity index (χ3n) is 2.89. The van der Waals surface area contributed by atoms with E-state index in [1.165, 1.54) is 24.3 Å². The first-order valence-electron chi connectivity index (χ1n) is 5.88. The van der Waals surface area contributed by atoms with Crippen LogP contribution in [0.4, 0.5) is 11.5 Å². The Morgan fingerprint density at radius 2 is 1.75 bits per heavy atom. The van der Waals surface area contributed by atoms with Crippen molar-refractivity contribution >= 4 is 32.4 Å². The molecule has 0 saturated heterocycles. The summed E-state index contributed by atoms with van der Waals surface area (Å²) < 4.78 is 27.0. The fraction of sp³-hybridized carbons (Fsp3) is 0. The van der Waals surface area contributed by atoms with Crippen LogP contribution in [0.2, 0.25) is 0 Å². The highest BCUT2D eigenvalue weighted by Gasteiger charge is 2.16. The van der Waals surface area contributed by atoms with Gasteiger partial charge in [-0.3, -0.25) is 9.82 Å². The lowest BCUT2D eigenvalue weighted by Gasteiger charge is -2.06. The maximum absolute atomic E-state index is 12.2. The summed E-state index contributed by atoms with van der Waals surface area (Å²) in [6.45, 7) is 0. The van der Waals surface area contributed by atoms with Gasteiger partial charge in [-0.15, -0.1) is 0 Å². The summed E-state index contributed by atoms with van der Waals surface area (Å²) in [5.41, 5.74) is 6.82. The van der Waals surface area contributed by atoms with Crippen LogP contribution in [0.15, 0.2) is 53.4 Å². The monoisotopic (exact) mass is 288 g/mol. The smallest absolute Gasteiger partial charge is 0.263 e. The number of para-hydroxylation sites is 1. The van der Waals surface area contributed by atoms with Gasteiger partial charge in [-0.05, 0) is 36.4 Å². The van der Waals surface area contributed by atoms with Gasteiger partial charge in [-0.2, -0.15) is 5.10 Å². The van der Waals surface area contributed by atoms with Crippen LogP contribution in [0.5, 0.6) is 0 Å². The second-order valence-corrected chi connectivity index (χ2v) is 5.97. The Hall–Kier alpha value is -2.54. The van der Waals surface area contributed by atoms with E-state index in [1.807, 2.05) is 18.2 Å². The third-order valence-corrected chi connectivity index (χ3v) is 4.25. The maximum atomic E-state index is 12.2. The maximum Gasteiger partial charge on any atom is 0.263 e. The lowest BCUT2D eigenvalue weighted by Crippen LogP contribution is -2.13. The van der Waals surface area contributed by atoms with Crippen molar-refractivity contribution < 1.29 is 8.42 Å². The van der Waals surface area contributed by atoms with Crippen molar-refractivity contribution in [2.45, 2.75) is 4.90 Å². The van der Waals surface area contributed by atoms with E-state index in [9.17, 15) is 8.42 Å². The molecule has 0 unspecified atom stereocenters. The number of hydrogen-bond donors (Lipinski definition) is 3. The summed E-state index contributed by atoms with van der Waals surface area (Å²) in [6.07, 6.45) is 0. The van der Waals surface area contributed by atoms with Crippen LogP contribution in [0.1, 0.15) is 0 Å². The van der Waals surface area contributed by atoms with E-state index >= 15 is 0 Å². The van der Waals surface area contributed by atoms with E-state index in [-0.39, 0.29) is 10.7 Å². The molecule has 0 radical (unpaired) electrons. The van der Waals surface area contributed by atoms with Crippen molar-refractivity contribution in [2.75, 3.05) is 10.5 Å². The molecule has 0 amide bonds. The highest BCUT2D eigenvalue weighted by Crippen LogP contribution is 2.23. The van der Waals surface area contributed by atoms with Crippen molar-refractivity contribution in [3.63, 3.8) is 0 Å². The van der Waals surface area contributed by atoms with Gasteiger partial charge in [-0.1, -0.05) is 12.1 Å². The summed E-state index contributed by atoms with van der Waals surface area (Å²) in [6, 6.07) is 13.3. The summed E-state index contributed by atoms with van der Waals surface area (Å²) in [5, 5.41) is 7.47. The minimum atomic E-state index is -3.68. The molecule has 1 heterocycles. The Morgan fingerprint density at radius 3 is 2.50 bits per heavy atom. The predicted octanol–water partition coefficient (Wildman–Crippen LogP) is 1.95. The molecular formula is C13H12N4O2S. The molecule has 20 heavy (non-hydrogen) atoms. The third kappa shape index (κ3) is 2.19. The van der Waals surface area contributed by atoms with Crippen LogP contribution in [0, 0.1) is 0 Å². The number of sulfonamides is 1. The number of nitrogens with zero attached hydrogens (tertiary/aromatic N) is 1. The fourth-order valence-corrected chi connectivity index (χ4v) is 2.90. The Morgan fingerprint density at radius 1 is 1.05 bits per heavy atom. The molecule has 0 aliphatic heterocycles. The van der Waals surface area contributed by atoms with Gasteiger partial charge in [-0.25, -0.2) is 8.42 Å². The summed E-state index contributed by atoms with van der Waals surface area (Å²) in [7, 11) is -3.68. The van der Waals surface area contributed by atoms with E-state index in [2.05, 4.69) is 14.9 Å². The number of rotatable bonds is 3. The minimum Gasteiger partial charge on any atom is -0.399 e. The summed E-state index contributed by atoms with van der Waals surface area (Å²) >= 11 is 0. The molecule has 6 nitrogen and oxygen atoms in total. The lowest BCUT2D eigenvalue weighted by molar-refractivity contribution is 0.601. The zero-order valence-corrected chi connectivity index (χ0v) is 11.2. The fourth-order valence-electron chi connectivity index (χ4n) is 1.87. The molecule has 0 spiro atoms. The standard InChI is InChI=1S/C13H12N4O2S/c14-9-5-7-10(8-6-9)20(18,19)17-13-11-3-1-2-4-12(11)15-16-13/h1-8H,14H2,(H2,15,16,17). The second kappa shape index (κ2) is 4.53. The van der Waals surface area contributed by atoms with Crippen LogP contribution in [-0.4, -0.2) is 18.6 Å². The zero-order valence-electron chi connectivity index (χ0n) is 10.4. The van der Waals surface area contributed by atoms with Gasteiger partial charge in [0.1, 0.15) is 0 Å². The molecule has 4 N–H and O–H groups in total. The van der Waals surface area contributed by atoms with Crippen molar-refractivity contribution in [1.29, 1.82) is 0 Å². The Bertz CT molecular complexity index is 853. The van der Waals surface area contributed by atoms with E-state index in [0.717, 1.165) is 5.52 Å². The molecule has 3 rings (SSSR count). The van der Waals surface area contributed by atoms with Crippen LogP contribution < -0.4 is 10.5 Å². The van der Waals surface area contributed by atoms with Crippen LogP contribution in [0.25, 0.3) is 10.9 Å². The van der Waals surface area contributed by atoms with Gasteiger partial charge < -0.3 is 5.73 Å². The normalized spacial score (nSPS) is 11.6. The molecule has 7 heteroatoms. The molecular weight excluding hydrogens is 276 g/mol. The number of H-pyrrole nitrogens is 1. The van der Waals surface area contributed by atoms with Crippen molar-refractivity contribution in [1.82, 2.24) is 10.2 Å². The van der Waals surface area contributed by atoms with Crippen molar-refractivity contribution in [3.05, 3.63) is 48.5 Å². The van der Waals surface area contributed by atoms with Crippen LogP contribution in [-0.2, 0) is 10.0 Å². The van der Waals surface area contributed by atoms with Crippen molar-refractivity contribution in [3.8, 4) is 0 Å². The van der Waals surface area contributed by atoms with Gasteiger partial charge in [0.2, 0.25) is 0 Å². The number of aromatic nitrogens is 2. The lowest BCUT2D eigenvalue weighted by atomic mass is 10.2. The van der Waals surface area contributed by atoms with E-state index in [0.29, 0.717) is 11.1 Å². The number of anilines is 2. The average Bonchev–Trinajstić information content (AvgIpc) is 2.82. The number of nitrogens with one attached hydrogen (secondary N) is 2. The molecule has 0 atom stereocenters. The number of nitrogens with two attached hydrogens (primary N) is 1. The number of benzene rings is 2. The molecule has 3 aromatic rings. The first kappa shape index (κ1) is 12.5. The molecule has 0 saturated carbocycles. The topological polar surface area (TPSA) is 101 Å². The summed E-state index contributed by atoms with van der Waals surface area (Å²) in [5.74, 6) is 0.275. The van der Waals surface area contributed by atoms with E-state index in [1.54, 1.807) is 6.07 Å². The Balaban J connectivity index is 1.99. The summed E-state index contributed by atoms with van der Waals surface area (Å²) in [4.78, 5) is 0.138. The van der Waals surface area contributed by atoms with E-state index < -0.39 is 10.0 Å². The second-order valence-electron chi connectivity index (χ2n) is 4.29. The SMILES string of the molecule is Nc1ccc(S(=O)(=O)Nc2n[nH]c3ccccc23)cc1. The highest BCUT2D eigenvalue weighted by molar-refractivity contribution is 7.92. The molecule has 1 aromatic heterocycles. The first-order valence-corrected chi connectivity index (χ1v) is 7.36. The molecule has 0 aliphatic carbocycles. The van der Waals surface area contributed by atoms with Gasteiger partial charge >= 0.3 is 0 Å². The number of nitrogen functional groups attached to an aromatic ring is 1. The van der Waals surface area contributed by atoms with Gasteiger partial charge in [0, 0.05) is 11.1 Å². The highest BCUT2D eigenvalue weighted by atomic mass is 32.2. The predicted molar refractivity (Wildman–Crippen MR) is 77.8 cm³/mol. The molecule has 2 aromatic carbocycles. The average molecular weight is 288 g/mol. The van der Waals surface area contributed by atoms with Gasteiger partial charge in [0.25, 0.3) is 10.0 Å². The Kier molecular flexibility index (Phi) is 2.83. The first-order chi connectivity index (χ1) is 9.56. The van der Waals surface area contributed by atoms with Gasteiger partial charge in [0.15, 0.2) is 5.82 Å². The Labute approximate surface area is 115 Å². The minimum absolute atomic E-state index is 0.138. The quantitative estimate of drug-likeness (QED) is 0.641.